The number of alkyl halides is 3. The summed E-state index contributed by atoms with van der Waals surface area (Å²) in [5.41, 5.74) is -0.161. The van der Waals surface area contributed by atoms with E-state index in [2.05, 4.69) is 0 Å². The van der Waals surface area contributed by atoms with Gasteiger partial charge in [-0.3, -0.25) is 0 Å². The zero-order valence-corrected chi connectivity index (χ0v) is 12.1. The van der Waals surface area contributed by atoms with Crippen LogP contribution in [-0.4, -0.2) is 0 Å². The largest absolute Gasteiger partial charge is 0.416 e. The van der Waals surface area contributed by atoms with Gasteiger partial charge in [0.25, 0.3) is 0 Å². The highest BCUT2D eigenvalue weighted by molar-refractivity contribution is 5.34. The third kappa shape index (κ3) is 4.99. The maximum atomic E-state index is 13.4. The van der Waals surface area contributed by atoms with E-state index in [4.69, 9.17) is 0 Å². The van der Waals surface area contributed by atoms with Gasteiger partial charge in [-0.2, -0.15) is 13.2 Å². The van der Waals surface area contributed by atoms with Gasteiger partial charge in [0, 0.05) is 5.92 Å². The summed E-state index contributed by atoms with van der Waals surface area (Å²) in [6.07, 6.45) is -1.57. The molecule has 0 spiro atoms. The number of rotatable bonds is 4. The molecule has 1 atom stereocenters. The second-order valence-corrected chi connectivity index (χ2v) is 4.87. The van der Waals surface area contributed by atoms with E-state index in [9.17, 15) is 22.0 Å². The van der Waals surface area contributed by atoms with Gasteiger partial charge in [-0.1, -0.05) is 25.5 Å². The van der Waals surface area contributed by atoms with Crippen molar-refractivity contribution in [1.82, 2.24) is 0 Å². The molecule has 0 aromatic heterocycles. The highest BCUT2D eigenvalue weighted by Crippen LogP contribution is 2.33. The molecule has 0 aliphatic rings. The first-order chi connectivity index (χ1) is 9.65. The summed E-state index contributed by atoms with van der Waals surface area (Å²) in [4.78, 5) is 0. The predicted molar refractivity (Wildman–Crippen MR) is 73.1 cm³/mol. The van der Waals surface area contributed by atoms with Gasteiger partial charge in [-0.05, 0) is 43.2 Å². The lowest BCUT2D eigenvalue weighted by atomic mass is 9.92. The Hall–Kier alpha value is -1.65. The van der Waals surface area contributed by atoms with Gasteiger partial charge < -0.3 is 0 Å². The first kappa shape index (κ1) is 17.4. The number of hydrogen-bond acceptors (Lipinski definition) is 0. The van der Waals surface area contributed by atoms with Crippen molar-refractivity contribution in [2.45, 2.75) is 39.3 Å². The van der Waals surface area contributed by atoms with Crippen molar-refractivity contribution in [3.05, 3.63) is 58.7 Å². The first-order valence-corrected chi connectivity index (χ1v) is 6.55. The minimum Gasteiger partial charge on any atom is -0.212 e. The van der Waals surface area contributed by atoms with Crippen LogP contribution in [0.1, 0.15) is 44.2 Å². The molecule has 0 fully saturated rings. The van der Waals surface area contributed by atoms with Crippen LogP contribution in [0.15, 0.2) is 41.8 Å². The Bertz CT molecular complexity index is 552. The molecule has 0 radical (unpaired) electrons. The topological polar surface area (TPSA) is 0 Å². The Morgan fingerprint density at radius 3 is 2.33 bits per heavy atom. The van der Waals surface area contributed by atoms with E-state index in [1.54, 1.807) is 20.8 Å². The zero-order chi connectivity index (χ0) is 16.2. The molecule has 1 rings (SSSR count). The van der Waals surface area contributed by atoms with Crippen LogP contribution in [-0.2, 0) is 6.18 Å². The van der Waals surface area contributed by atoms with E-state index < -0.39 is 23.5 Å². The molecular weight excluding hydrogens is 287 g/mol. The molecule has 0 bridgehead atoms. The lowest BCUT2D eigenvalue weighted by Gasteiger charge is -2.15. The molecule has 116 valence electrons. The van der Waals surface area contributed by atoms with E-state index in [-0.39, 0.29) is 17.8 Å². The Kier molecular flexibility index (Phi) is 5.70. The van der Waals surface area contributed by atoms with Gasteiger partial charge in [-0.25, -0.2) is 8.78 Å². The molecule has 21 heavy (non-hydrogen) atoms. The standard InChI is InChI=1S/C16H17F5/c1-4-14(17)6-5-10(2)11(3)12-7-13(16(19,20)21)9-15(18)8-12/h5-9,11H,4H2,1-3H3/b10-5+,14-6+/t11-/m1/s1. The van der Waals surface area contributed by atoms with Gasteiger partial charge in [0.2, 0.25) is 0 Å². The molecule has 1 aromatic carbocycles. The van der Waals surface area contributed by atoms with Crippen LogP contribution >= 0.6 is 0 Å². The molecule has 0 nitrogen and oxygen atoms in total. The summed E-state index contributed by atoms with van der Waals surface area (Å²) >= 11 is 0. The quantitative estimate of drug-likeness (QED) is 0.462. The van der Waals surface area contributed by atoms with Crippen LogP contribution in [0.4, 0.5) is 22.0 Å². The van der Waals surface area contributed by atoms with Gasteiger partial charge in [0.15, 0.2) is 0 Å². The van der Waals surface area contributed by atoms with E-state index in [1.807, 2.05) is 0 Å². The van der Waals surface area contributed by atoms with Crippen molar-refractivity contribution in [2.24, 2.45) is 0 Å². The van der Waals surface area contributed by atoms with Crippen molar-refractivity contribution in [3.63, 3.8) is 0 Å². The molecule has 0 saturated heterocycles. The van der Waals surface area contributed by atoms with Gasteiger partial charge in [-0.15, -0.1) is 0 Å². The lowest BCUT2D eigenvalue weighted by Crippen LogP contribution is -2.07. The average Bonchev–Trinajstić information content (AvgIpc) is 2.41. The van der Waals surface area contributed by atoms with E-state index in [0.717, 1.165) is 12.1 Å². The molecule has 0 amide bonds. The van der Waals surface area contributed by atoms with Crippen molar-refractivity contribution >= 4 is 0 Å². The summed E-state index contributed by atoms with van der Waals surface area (Å²) in [6.45, 7) is 4.97. The van der Waals surface area contributed by atoms with Crippen molar-refractivity contribution in [2.75, 3.05) is 0 Å². The van der Waals surface area contributed by atoms with Crippen LogP contribution in [0.25, 0.3) is 0 Å². The maximum Gasteiger partial charge on any atom is 0.416 e. The normalized spacial score (nSPS) is 15.2. The Balaban J connectivity index is 3.13. The van der Waals surface area contributed by atoms with Crippen molar-refractivity contribution in [1.29, 1.82) is 0 Å². The molecule has 0 heterocycles. The van der Waals surface area contributed by atoms with Crippen LogP contribution in [0.5, 0.6) is 0 Å². The smallest absolute Gasteiger partial charge is 0.212 e. The number of halogens is 5. The minimum absolute atomic E-state index is 0.210. The molecular formula is C16H17F5. The lowest BCUT2D eigenvalue weighted by molar-refractivity contribution is -0.137. The van der Waals surface area contributed by atoms with E-state index in [1.165, 1.54) is 12.2 Å². The first-order valence-electron chi connectivity index (χ1n) is 6.55. The highest BCUT2D eigenvalue weighted by atomic mass is 19.4. The maximum absolute atomic E-state index is 13.4. The fourth-order valence-electron chi connectivity index (χ4n) is 1.77. The summed E-state index contributed by atoms with van der Waals surface area (Å²) < 4.78 is 64.4. The Morgan fingerprint density at radius 2 is 1.81 bits per heavy atom. The summed E-state index contributed by atoms with van der Waals surface area (Å²) in [5, 5.41) is 0. The molecule has 0 N–H and O–H groups in total. The predicted octanol–water partition coefficient (Wildman–Crippen LogP) is 6.16. The monoisotopic (exact) mass is 304 g/mol. The van der Waals surface area contributed by atoms with Crippen LogP contribution in [0, 0.1) is 5.82 Å². The molecule has 0 saturated carbocycles. The Morgan fingerprint density at radius 1 is 1.19 bits per heavy atom. The number of allylic oxidation sites excluding steroid dienone is 4. The van der Waals surface area contributed by atoms with E-state index in [0.29, 0.717) is 11.6 Å². The van der Waals surface area contributed by atoms with Crippen molar-refractivity contribution < 1.29 is 22.0 Å². The second-order valence-electron chi connectivity index (χ2n) is 4.87. The Labute approximate surface area is 121 Å². The molecule has 0 aliphatic heterocycles. The molecule has 0 unspecified atom stereocenters. The summed E-state index contributed by atoms with van der Waals surface area (Å²) in [6, 6.07) is 2.45. The average molecular weight is 304 g/mol. The third-order valence-electron chi connectivity index (χ3n) is 3.30. The van der Waals surface area contributed by atoms with E-state index >= 15 is 0 Å². The number of benzene rings is 1. The van der Waals surface area contributed by atoms with Crippen LogP contribution < -0.4 is 0 Å². The van der Waals surface area contributed by atoms with Gasteiger partial charge in [0.1, 0.15) is 5.82 Å². The fraction of sp³-hybridized carbons (Fsp3) is 0.375. The summed E-state index contributed by atoms with van der Waals surface area (Å²) in [7, 11) is 0. The van der Waals surface area contributed by atoms with Crippen LogP contribution in [0.2, 0.25) is 0 Å². The van der Waals surface area contributed by atoms with Crippen LogP contribution in [0.3, 0.4) is 0 Å². The van der Waals surface area contributed by atoms with Gasteiger partial charge in [0.05, 0.1) is 11.4 Å². The second kappa shape index (κ2) is 6.87. The zero-order valence-electron chi connectivity index (χ0n) is 12.1. The van der Waals surface area contributed by atoms with Gasteiger partial charge >= 0.3 is 6.18 Å². The fourth-order valence-corrected chi connectivity index (χ4v) is 1.77. The van der Waals surface area contributed by atoms with Crippen molar-refractivity contribution in [3.8, 4) is 0 Å². The molecule has 1 aromatic rings. The third-order valence-corrected chi connectivity index (χ3v) is 3.30. The summed E-state index contributed by atoms with van der Waals surface area (Å²) in [5.74, 6) is -1.70. The highest BCUT2D eigenvalue weighted by Gasteiger charge is 2.31. The molecule has 0 aliphatic carbocycles. The minimum atomic E-state index is -4.59. The molecule has 5 heteroatoms. The number of hydrogen-bond donors (Lipinski definition) is 0. The SMILES string of the molecule is CC/C(F)=C\C=C(/C)[C@@H](C)c1cc(F)cc(C(F)(F)F)c1.